The highest BCUT2D eigenvalue weighted by Gasteiger charge is 2.36. The fourth-order valence-electron chi connectivity index (χ4n) is 3.56. The Morgan fingerprint density at radius 3 is 2.29 bits per heavy atom. The van der Waals surface area contributed by atoms with Crippen molar-refractivity contribution in [3.05, 3.63) is 35.4 Å². The summed E-state index contributed by atoms with van der Waals surface area (Å²) in [5, 5.41) is 13.2. The second-order valence-corrected chi connectivity index (χ2v) is 7.14. The monoisotopic (exact) mass is 343 g/mol. The van der Waals surface area contributed by atoms with E-state index in [1.54, 1.807) is 12.1 Å². The van der Waals surface area contributed by atoms with Crippen LogP contribution in [0.2, 0.25) is 0 Å². The highest BCUT2D eigenvalue weighted by atomic mass is 19.4. The van der Waals surface area contributed by atoms with Gasteiger partial charge in [0.15, 0.2) is 0 Å². The molecule has 0 spiro atoms. The van der Waals surface area contributed by atoms with E-state index >= 15 is 0 Å². The Labute approximate surface area is 140 Å². The first-order chi connectivity index (χ1) is 11.4. The van der Waals surface area contributed by atoms with Crippen LogP contribution in [0.4, 0.5) is 13.2 Å². The van der Waals surface area contributed by atoms with Crippen molar-refractivity contribution in [1.82, 2.24) is 5.32 Å². The molecule has 1 saturated heterocycles. The Bertz CT molecular complexity index is 532. The van der Waals surface area contributed by atoms with Crippen molar-refractivity contribution in [2.75, 3.05) is 26.4 Å². The SMILES string of the molecule is OCC1(CNC2CC(c3ccc(C(F)(F)F)cc3)C2)CCOCC1. The van der Waals surface area contributed by atoms with Gasteiger partial charge in [0.1, 0.15) is 0 Å². The van der Waals surface area contributed by atoms with Crippen LogP contribution in [0.15, 0.2) is 24.3 Å². The van der Waals surface area contributed by atoms with E-state index in [0.717, 1.165) is 37.8 Å². The van der Waals surface area contributed by atoms with Crippen molar-refractivity contribution in [1.29, 1.82) is 0 Å². The molecule has 1 aliphatic heterocycles. The topological polar surface area (TPSA) is 41.5 Å². The number of nitrogens with one attached hydrogen (secondary N) is 1. The number of halogens is 3. The van der Waals surface area contributed by atoms with Gasteiger partial charge in [-0.1, -0.05) is 12.1 Å². The molecule has 134 valence electrons. The van der Waals surface area contributed by atoms with Crippen LogP contribution in [0, 0.1) is 5.41 Å². The smallest absolute Gasteiger partial charge is 0.396 e. The first-order valence-electron chi connectivity index (χ1n) is 8.51. The number of benzene rings is 1. The Kier molecular flexibility index (Phi) is 5.18. The molecule has 1 heterocycles. The molecule has 1 saturated carbocycles. The maximum Gasteiger partial charge on any atom is 0.416 e. The molecule has 0 bridgehead atoms. The molecule has 0 atom stereocenters. The van der Waals surface area contributed by atoms with E-state index in [0.29, 0.717) is 25.2 Å². The standard InChI is InChI=1S/C18H24F3NO2/c19-18(20,21)15-3-1-13(2-4-15)14-9-16(10-14)22-11-17(12-23)5-7-24-8-6-17/h1-4,14,16,22-23H,5-12H2. The Hall–Kier alpha value is -1.11. The quantitative estimate of drug-likeness (QED) is 0.862. The molecule has 1 aromatic rings. The molecule has 3 nitrogen and oxygen atoms in total. The van der Waals surface area contributed by atoms with Gasteiger partial charge in [-0.3, -0.25) is 0 Å². The highest BCUT2D eigenvalue weighted by molar-refractivity contribution is 5.29. The molecule has 0 radical (unpaired) electrons. The summed E-state index contributed by atoms with van der Waals surface area (Å²) in [6.45, 7) is 2.33. The van der Waals surface area contributed by atoms with Gasteiger partial charge >= 0.3 is 6.18 Å². The fraction of sp³-hybridized carbons (Fsp3) is 0.667. The molecule has 2 N–H and O–H groups in total. The summed E-state index contributed by atoms with van der Waals surface area (Å²) in [4.78, 5) is 0. The molecule has 0 unspecified atom stereocenters. The third kappa shape index (κ3) is 3.92. The van der Waals surface area contributed by atoms with Gasteiger partial charge in [0, 0.05) is 31.2 Å². The van der Waals surface area contributed by atoms with Gasteiger partial charge in [0.05, 0.1) is 12.2 Å². The van der Waals surface area contributed by atoms with E-state index in [1.165, 1.54) is 12.1 Å². The van der Waals surface area contributed by atoms with Crippen molar-refractivity contribution in [2.24, 2.45) is 5.41 Å². The van der Waals surface area contributed by atoms with E-state index in [-0.39, 0.29) is 12.0 Å². The van der Waals surface area contributed by atoms with E-state index in [4.69, 9.17) is 4.74 Å². The Morgan fingerprint density at radius 2 is 1.75 bits per heavy atom. The summed E-state index contributed by atoms with van der Waals surface area (Å²) >= 11 is 0. The van der Waals surface area contributed by atoms with E-state index in [9.17, 15) is 18.3 Å². The van der Waals surface area contributed by atoms with E-state index in [1.807, 2.05) is 0 Å². The lowest BCUT2D eigenvalue weighted by Gasteiger charge is -2.41. The average Bonchev–Trinajstić information content (AvgIpc) is 2.54. The van der Waals surface area contributed by atoms with Crippen molar-refractivity contribution in [3.8, 4) is 0 Å². The first kappa shape index (κ1) is 17.7. The van der Waals surface area contributed by atoms with Crippen LogP contribution in [0.5, 0.6) is 0 Å². The molecule has 0 amide bonds. The van der Waals surface area contributed by atoms with Crippen molar-refractivity contribution in [3.63, 3.8) is 0 Å². The lowest BCUT2D eigenvalue weighted by Crippen LogP contribution is -2.48. The van der Waals surface area contributed by atoms with Crippen molar-refractivity contribution >= 4 is 0 Å². The fourth-order valence-corrected chi connectivity index (χ4v) is 3.56. The molecule has 24 heavy (non-hydrogen) atoms. The zero-order chi connectivity index (χ0) is 17.2. The molecular weight excluding hydrogens is 319 g/mol. The molecule has 0 aromatic heterocycles. The van der Waals surface area contributed by atoms with Crippen LogP contribution in [-0.4, -0.2) is 37.5 Å². The Balaban J connectivity index is 1.47. The molecule has 1 aromatic carbocycles. The first-order valence-corrected chi connectivity index (χ1v) is 8.51. The molecule has 2 aliphatic rings. The summed E-state index contributed by atoms with van der Waals surface area (Å²) in [6.07, 6.45) is -0.672. The van der Waals surface area contributed by atoms with Gasteiger partial charge in [-0.15, -0.1) is 0 Å². The minimum atomic E-state index is -4.27. The average molecular weight is 343 g/mol. The molecule has 2 fully saturated rings. The van der Waals surface area contributed by atoms with Crippen LogP contribution in [0.25, 0.3) is 0 Å². The maximum atomic E-state index is 12.6. The third-order valence-electron chi connectivity index (χ3n) is 5.50. The van der Waals surface area contributed by atoms with E-state index < -0.39 is 11.7 Å². The normalized spacial score (nSPS) is 26.8. The van der Waals surface area contributed by atoms with Crippen molar-refractivity contribution in [2.45, 2.75) is 43.8 Å². The lowest BCUT2D eigenvalue weighted by molar-refractivity contribution is -0.137. The highest BCUT2D eigenvalue weighted by Crippen LogP contribution is 2.39. The maximum absolute atomic E-state index is 12.6. The Morgan fingerprint density at radius 1 is 1.12 bits per heavy atom. The predicted molar refractivity (Wildman–Crippen MR) is 84.8 cm³/mol. The number of ether oxygens (including phenoxy) is 1. The van der Waals surface area contributed by atoms with Gasteiger partial charge in [0.25, 0.3) is 0 Å². The molecule has 1 aliphatic carbocycles. The summed E-state index contributed by atoms with van der Waals surface area (Å²) in [6, 6.07) is 5.90. The van der Waals surface area contributed by atoms with Gasteiger partial charge in [-0.05, 0) is 49.3 Å². The molecule has 3 rings (SSSR count). The van der Waals surface area contributed by atoms with Gasteiger partial charge in [-0.2, -0.15) is 13.2 Å². The lowest BCUT2D eigenvalue weighted by atomic mass is 9.74. The van der Waals surface area contributed by atoms with Crippen LogP contribution < -0.4 is 5.32 Å². The second-order valence-electron chi connectivity index (χ2n) is 7.14. The third-order valence-corrected chi connectivity index (χ3v) is 5.50. The van der Waals surface area contributed by atoms with Crippen LogP contribution >= 0.6 is 0 Å². The number of rotatable bonds is 5. The number of hydrogen-bond acceptors (Lipinski definition) is 3. The zero-order valence-electron chi connectivity index (χ0n) is 13.6. The van der Waals surface area contributed by atoms with Crippen LogP contribution in [0.3, 0.4) is 0 Å². The minimum Gasteiger partial charge on any atom is -0.396 e. The second kappa shape index (κ2) is 7.02. The largest absolute Gasteiger partial charge is 0.416 e. The number of hydrogen-bond donors (Lipinski definition) is 2. The number of alkyl halides is 3. The van der Waals surface area contributed by atoms with Gasteiger partial charge in [0.2, 0.25) is 0 Å². The molecule has 6 heteroatoms. The predicted octanol–water partition coefficient (Wildman–Crippen LogP) is 3.33. The molecular formula is C18H24F3NO2. The zero-order valence-corrected chi connectivity index (χ0v) is 13.6. The van der Waals surface area contributed by atoms with Gasteiger partial charge < -0.3 is 15.2 Å². The van der Waals surface area contributed by atoms with Crippen molar-refractivity contribution < 1.29 is 23.0 Å². The van der Waals surface area contributed by atoms with Crippen LogP contribution in [0.1, 0.15) is 42.7 Å². The minimum absolute atomic E-state index is 0.0856. The summed E-state index contributed by atoms with van der Waals surface area (Å²) in [5.41, 5.74) is 0.297. The number of aliphatic hydroxyl groups is 1. The summed E-state index contributed by atoms with van der Waals surface area (Å²) in [7, 11) is 0. The van der Waals surface area contributed by atoms with E-state index in [2.05, 4.69) is 5.32 Å². The number of aliphatic hydroxyl groups excluding tert-OH is 1. The van der Waals surface area contributed by atoms with Crippen LogP contribution in [-0.2, 0) is 10.9 Å². The van der Waals surface area contributed by atoms with Gasteiger partial charge in [-0.25, -0.2) is 0 Å². The summed E-state index contributed by atoms with van der Waals surface area (Å²) in [5.74, 6) is 0.324. The summed E-state index contributed by atoms with van der Waals surface area (Å²) < 4.78 is 43.1.